The average Bonchev–Trinajstić information content (AvgIpc) is 3.14. The highest BCUT2D eigenvalue weighted by Crippen LogP contribution is 2.42. The molecule has 3 rings (SSSR count). The van der Waals surface area contributed by atoms with Gasteiger partial charge in [-0.25, -0.2) is 0 Å². The Morgan fingerprint density at radius 1 is 1.15 bits per heavy atom. The topological polar surface area (TPSA) is 52.7 Å². The molecule has 0 aromatic heterocycles. The van der Waals surface area contributed by atoms with Gasteiger partial charge in [0.15, 0.2) is 0 Å². The Labute approximate surface area is 166 Å². The van der Waals surface area contributed by atoms with Crippen LogP contribution in [0.5, 0.6) is 0 Å². The highest BCUT2D eigenvalue weighted by molar-refractivity contribution is 7.99. The van der Waals surface area contributed by atoms with Gasteiger partial charge in [-0.2, -0.15) is 0 Å². The number of hydrogen-bond donors (Lipinski definition) is 1. The third-order valence-corrected chi connectivity index (χ3v) is 6.64. The van der Waals surface area contributed by atoms with Crippen molar-refractivity contribution in [1.29, 1.82) is 0 Å². The number of thioether (sulfide) groups is 1. The normalized spacial score (nSPS) is 23.6. The predicted octanol–water partition coefficient (Wildman–Crippen LogP) is 2.89. The Balaban J connectivity index is 1.63. The lowest BCUT2D eigenvalue weighted by Gasteiger charge is -2.31. The lowest BCUT2D eigenvalue weighted by atomic mass is 10.1. The van der Waals surface area contributed by atoms with Crippen LogP contribution < -0.4 is 5.32 Å². The van der Waals surface area contributed by atoms with Gasteiger partial charge in [0.2, 0.25) is 11.8 Å². The van der Waals surface area contributed by atoms with Crippen molar-refractivity contribution in [1.82, 2.24) is 15.1 Å². The maximum Gasteiger partial charge on any atom is 0.243 e. The monoisotopic (exact) mass is 389 g/mol. The number of nitrogens with zero attached hydrogens (tertiary/aromatic N) is 2. The van der Waals surface area contributed by atoms with Crippen molar-refractivity contribution in [3.8, 4) is 0 Å². The molecule has 2 unspecified atom stereocenters. The van der Waals surface area contributed by atoms with Gasteiger partial charge in [-0.1, -0.05) is 50.6 Å². The molecule has 1 aromatic rings. The summed E-state index contributed by atoms with van der Waals surface area (Å²) in [6.45, 7) is 7.61. The maximum atomic E-state index is 12.9. The number of carbonyl (C=O) groups excluding carboxylic acids is 2. The molecule has 0 saturated carbocycles. The fraction of sp³-hybridized carbons (Fsp3) is 0.619. The van der Waals surface area contributed by atoms with Gasteiger partial charge in [-0.15, -0.1) is 11.8 Å². The Kier molecular flexibility index (Phi) is 7.19. The predicted molar refractivity (Wildman–Crippen MR) is 110 cm³/mol. The summed E-state index contributed by atoms with van der Waals surface area (Å²) in [5, 5.41) is 3.00. The van der Waals surface area contributed by atoms with Crippen LogP contribution in [0.4, 0.5) is 0 Å². The highest BCUT2D eigenvalue weighted by atomic mass is 32.2. The van der Waals surface area contributed by atoms with E-state index in [1.54, 1.807) is 16.7 Å². The van der Waals surface area contributed by atoms with E-state index in [4.69, 9.17) is 0 Å². The number of piperidine rings is 1. The first-order valence-corrected chi connectivity index (χ1v) is 11.1. The number of amides is 2. The molecule has 2 heterocycles. The van der Waals surface area contributed by atoms with Crippen LogP contribution in [-0.2, 0) is 9.59 Å². The van der Waals surface area contributed by atoms with Crippen LogP contribution in [0.15, 0.2) is 30.3 Å². The lowest BCUT2D eigenvalue weighted by Crippen LogP contribution is -2.50. The van der Waals surface area contributed by atoms with E-state index in [0.29, 0.717) is 12.3 Å². The van der Waals surface area contributed by atoms with Gasteiger partial charge in [0.25, 0.3) is 0 Å². The summed E-state index contributed by atoms with van der Waals surface area (Å²) in [5.41, 5.74) is 1.08. The summed E-state index contributed by atoms with van der Waals surface area (Å²) in [7, 11) is 0. The number of rotatable bonds is 6. The lowest BCUT2D eigenvalue weighted by molar-refractivity contribution is -0.142. The minimum Gasteiger partial charge on any atom is -0.353 e. The van der Waals surface area contributed by atoms with Crippen LogP contribution in [0.3, 0.4) is 0 Å². The average molecular weight is 390 g/mol. The van der Waals surface area contributed by atoms with Crippen molar-refractivity contribution >= 4 is 23.6 Å². The Bertz CT molecular complexity index is 632. The summed E-state index contributed by atoms with van der Waals surface area (Å²) < 4.78 is 0. The van der Waals surface area contributed by atoms with E-state index in [2.05, 4.69) is 10.2 Å². The third-order valence-electron chi connectivity index (χ3n) is 5.31. The standard InChI is InChI=1S/C21H31N3O2S/c1-16(2)20(26)24-18(15-27-21(24)17-9-5-3-6-10-17)19(25)22-11-14-23-12-7-4-8-13-23/h3,5-6,9-10,16,18,21H,4,7-8,11-15H2,1-2H3,(H,22,25). The quantitative estimate of drug-likeness (QED) is 0.813. The molecule has 0 aliphatic carbocycles. The summed E-state index contributed by atoms with van der Waals surface area (Å²) in [6, 6.07) is 9.63. The summed E-state index contributed by atoms with van der Waals surface area (Å²) in [4.78, 5) is 30.0. The highest BCUT2D eigenvalue weighted by Gasteiger charge is 2.42. The Hall–Kier alpha value is -1.53. The van der Waals surface area contributed by atoms with Gasteiger partial charge >= 0.3 is 0 Å². The van der Waals surface area contributed by atoms with Crippen LogP contribution in [-0.4, -0.2) is 59.6 Å². The van der Waals surface area contributed by atoms with Gasteiger partial charge in [0, 0.05) is 24.8 Å². The van der Waals surface area contributed by atoms with E-state index in [9.17, 15) is 9.59 Å². The molecule has 2 saturated heterocycles. The first kappa shape index (κ1) is 20.2. The molecule has 2 fully saturated rings. The third kappa shape index (κ3) is 5.05. The molecule has 6 heteroatoms. The van der Waals surface area contributed by atoms with E-state index >= 15 is 0 Å². The number of carbonyl (C=O) groups is 2. The number of benzene rings is 1. The van der Waals surface area contributed by atoms with Crippen molar-refractivity contribution in [2.75, 3.05) is 31.9 Å². The van der Waals surface area contributed by atoms with Crippen molar-refractivity contribution < 1.29 is 9.59 Å². The molecule has 1 N–H and O–H groups in total. The van der Waals surface area contributed by atoms with Crippen LogP contribution in [0.25, 0.3) is 0 Å². The van der Waals surface area contributed by atoms with Crippen molar-refractivity contribution in [2.45, 2.75) is 44.5 Å². The Morgan fingerprint density at radius 3 is 2.52 bits per heavy atom. The van der Waals surface area contributed by atoms with Gasteiger partial charge < -0.3 is 15.1 Å². The van der Waals surface area contributed by atoms with Crippen molar-refractivity contribution in [3.05, 3.63) is 35.9 Å². The molecule has 2 aliphatic rings. The molecule has 2 atom stereocenters. The molecule has 0 spiro atoms. The summed E-state index contributed by atoms with van der Waals surface area (Å²) in [5.74, 6) is 0.545. The van der Waals surface area contributed by atoms with E-state index in [-0.39, 0.29) is 23.1 Å². The minimum atomic E-state index is -0.392. The second-order valence-corrected chi connectivity index (χ2v) is 8.82. The second kappa shape index (κ2) is 9.60. The number of hydrogen-bond acceptors (Lipinski definition) is 4. The SMILES string of the molecule is CC(C)C(=O)N1C(C(=O)NCCN2CCCCC2)CSC1c1ccccc1. The van der Waals surface area contributed by atoms with E-state index in [1.807, 2.05) is 44.2 Å². The molecule has 1 aromatic carbocycles. The van der Waals surface area contributed by atoms with E-state index in [0.717, 1.165) is 25.2 Å². The Morgan fingerprint density at radius 2 is 1.85 bits per heavy atom. The van der Waals surface area contributed by atoms with E-state index < -0.39 is 6.04 Å². The first-order valence-electron chi connectivity index (χ1n) is 10.1. The second-order valence-electron chi connectivity index (χ2n) is 7.71. The number of likely N-dealkylation sites (tertiary alicyclic amines) is 1. The largest absolute Gasteiger partial charge is 0.353 e. The molecule has 27 heavy (non-hydrogen) atoms. The van der Waals surface area contributed by atoms with Crippen LogP contribution in [0, 0.1) is 5.92 Å². The molecule has 2 aliphatic heterocycles. The molecule has 5 nitrogen and oxygen atoms in total. The van der Waals surface area contributed by atoms with E-state index in [1.165, 1.54) is 19.3 Å². The fourth-order valence-electron chi connectivity index (χ4n) is 3.79. The molecule has 2 amide bonds. The number of nitrogens with one attached hydrogen (secondary N) is 1. The first-order chi connectivity index (χ1) is 13.1. The zero-order valence-corrected chi connectivity index (χ0v) is 17.2. The van der Waals surface area contributed by atoms with Crippen LogP contribution in [0.1, 0.15) is 44.0 Å². The van der Waals surface area contributed by atoms with Gasteiger partial charge in [0.05, 0.1) is 0 Å². The van der Waals surface area contributed by atoms with Crippen LogP contribution in [0.2, 0.25) is 0 Å². The molecular formula is C21H31N3O2S. The zero-order chi connectivity index (χ0) is 19.2. The van der Waals surface area contributed by atoms with Gasteiger partial charge in [-0.3, -0.25) is 9.59 Å². The molecule has 0 radical (unpaired) electrons. The maximum absolute atomic E-state index is 12.9. The van der Waals surface area contributed by atoms with Crippen molar-refractivity contribution in [2.24, 2.45) is 5.92 Å². The van der Waals surface area contributed by atoms with Gasteiger partial charge in [-0.05, 0) is 31.5 Å². The molecule has 148 valence electrons. The molecule has 0 bridgehead atoms. The van der Waals surface area contributed by atoms with Crippen molar-refractivity contribution in [3.63, 3.8) is 0 Å². The van der Waals surface area contributed by atoms with Crippen LogP contribution >= 0.6 is 11.8 Å². The minimum absolute atomic E-state index is 0.0214. The molecular weight excluding hydrogens is 358 g/mol. The zero-order valence-electron chi connectivity index (χ0n) is 16.4. The van der Waals surface area contributed by atoms with Gasteiger partial charge in [0.1, 0.15) is 11.4 Å². The summed E-state index contributed by atoms with van der Waals surface area (Å²) in [6.07, 6.45) is 3.82. The summed E-state index contributed by atoms with van der Waals surface area (Å²) >= 11 is 1.68. The fourth-order valence-corrected chi connectivity index (χ4v) is 5.23. The smallest absolute Gasteiger partial charge is 0.243 e.